The highest BCUT2D eigenvalue weighted by molar-refractivity contribution is 7.91. The number of fused-ring (bicyclic) bond motifs is 2. The number of hydrogen-bond donors (Lipinski definition) is 1. The smallest absolute Gasteiger partial charge is 0.237 e. The van der Waals surface area contributed by atoms with Crippen LogP contribution < -0.4 is 5.32 Å². The number of likely N-dealkylation sites (tertiary alicyclic amines) is 1. The van der Waals surface area contributed by atoms with Crippen molar-refractivity contribution in [3.05, 3.63) is 29.8 Å². The maximum Gasteiger partial charge on any atom is 0.237 e. The van der Waals surface area contributed by atoms with Gasteiger partial charge in [-0.15, -0.1) is 0 Å². The largest absolute Gasteiger partial charge is 0.338 e. The highest BCUT2D eigenvalue weighted by Gasteiger charge is 2.58. The molecule has 2 amide bonds. The number of rotatable bonds is 3. The first-order valence-electron chi connectivity index (χ1n) is 9.81. The molecule has 1 N–H and O–H groups in total. The van der Waals surface area contributed by atoms with Crippen LogP contribution in [0, 0.1) is 5.92 Å². The fourth-order valence-corrected chi connectivity index (χ4v) is 6.60. The molecular formula is C20H26N2O4S. The van der Waals surface area contributed by atoms with Crippen molar-refractivity contribution in [2.24, 2.45) is 5.92 Å². The number of carbonyl (C=O) groups excluding carboxylic acids is 2. The zero-order valence-corrected chi connectivity index (χ0v) is 16.4. The molecule has 7 heteroatoms. The fraction of sp³-hybridized carbons (Fsp3) is 0.600. The third-order valence-corrected chi connectivity index (χ3v) is 8.22. The van der Waals surface area contributed by atoms with Crippen molar-refractivity contribution in [2.75, 3.05) is 23.4 Å². The molecule has 2 atom stereocenters. The second kappa shape index (κ2) is 6.62. The predicted octanol–water partition coefficient (Wildman–Crippen LogP) is 2.10. The molecule has 0 bridgehead atoms. The normalized spacial score (nSPS) is 29.7. The number of carbonyl (C=O) groups is 2. The lowest BCUT2D eigenvalue weighted by molar-refractivity contribution is -0.137. The van der Waals surface area contributed by atoms with Crippen LogP contribution in [0.2, 0.25) is 0 Å². The highest BCUT2D eigenvalue weighted by Crippen LogP contribution is 2.49. The minimum absolute atomic E-state index is 0.0105. The minimum atomic E-state index is -3.00. The van der Waals surface area contributed by atoms with Gasteiger partial charge in [0.1, 0.15) is 9.84 Å². The van der Waals surface area contributed by atoms with Crippen molar-refractivity contribution >= 4 is 27.3 Å². The summed E-state index contributed by atoms with van der Waals surface area (Å²) in [6.45, 7) is 2.62. The van der Waals surface area contributed by atoms with E-state index in [1.807, 2.05) is 29.2 Å². The monoisotopic (exact) mass is 390 g/mol. The van der Waals surface area contributed by atoms with Crippen molar-refractivity contribution in [1.29, 1.82) is 0 Å². The van der Waals surface area contributed by atoms with Crippen LogP contribution in [0.4, 0.5) is 5.69 Å². The first-order valence-corrected chi connectivity index (χ1v) is 11.6. The van der Waals surface area contributed by atoms with Crippen LogP contribution in [0.1, 0.15) is 44.6 Å². The molecule has 3 heterocycles. The van der Waals surface area contributed by atoms with E-state index in [9.17, 15) is 18.0 Å². The summed E-state index contributed by atoms with van der Waals surface area (Å²) in [5, 5.41) is 3.01. The molecule has 0 aromatic heterocycles. The van der Waals surface area contributed by atoms with Crippen molar-refractivity contribution in [1.82, 2.24) is 4.90 Å². The van der Waals surface area contributed by atoms with E-state index in [0.717, 1.165) is 24.1 Å². The second-order valence-corrected chi connectivity index (χ2v) is 10.3. The highest BCUT2D eigenvalue weighted by atomic mass is 32.2. The molecule has 0 aliphatic carbocycles. The van der Waals surface area contributed by atoms with E-state index in [4.69, 9.17) is 0 Å². The average Bonchev–Trinajstić information content (AvgIpc) is 3.15. The summed E-state index contributed by atoms with van der Waals surface area (Å²) < 4.78 is 23.4. The standard InChI is InChI=1S/C20H26N2O4S/c1-2-5-17-20(15-6-3-4-7-16(15)21-19(20)24)10-11-22(17)18(23)14-8-12-27(25,26)13-9-14/h3-4,6-7,14,17H,2,5,8-13H2,1H3,(H,21,24)/t17-,20-/m0/s1. The molecule has 27 heavy (non-hydrogen) atoms. The van der Waals surface area contributed by atoms with Crippen molar-refractivity contribution in [3.63, 3.8) is 0 Å². The lowest BCUT2D eigenvalue weighted by atomic mass is 9.73. The summed E-state index contributed by atoms with van der Waals surface area (Å²) in [6, 6.07) is 7.60. The van der Waals surface area contributed by atoms with Gasteiger partial charge in [0.05, 0.1) is 23.0 Å². The van der Waals surface area contributed by atoms with E-state index in [-0.39, 0.29) is 35.3 Å². The van der Waals surface area contributed by atoms with Crippen LogP contribution in [0.15, 0.2) is 24.3 Å². The summed E-state index contributed by atoms with van der Waals surface area (Å²) in [6.07, 6.45) is 3.05. The summed E-state index contributed by atoms with van der Waals surface area (Å²) in [5.74, 6) is -0.0577. The van der Waals surface area contributed by atoms with E-state index in [1.165, 1.54) is 0 Å². The SMILES string of the molecule is CCC[C@@H]1N(C(=O)C2CCS(=O)(=O)CC2)CC[C@@]12C(=O)Nc1ccccc12. The van der Waals surface area contributed by atoms with Gasteiger partial charge in [0.15, 0.2) is 0 Å². The molecule has 1 aromatic rings. The van der Waals surface area contributed by atoms with E-state index in [1.54, 1.807) is 0 Å². The predicted molar refractivity (Wildman–Crippen MR) is 103 cm³/mol. The van der Waals surface area contributed by atoms with Gasteiger partial charge < -0.3 is 10.2 Å². The maximum absolute atomic E-state index is 13.3. The molecule has 0 radical (unpaired) electrons. The zero-order chi connectivity index (χ0) is 19.2. The van der Waals surface area contributed by atoms with Gasteiger partial charge in [-0.1, -0.05) is 31.5 Å². The van der Waals surface area contributed by atoms with Gasteiger partial charge in [-0.05, 0) is 37.3 Å². The molecule has 3 aliphatic heterocycles. The average molecular weight is 391 g/mol. The van der Waals surface area contributed by atoms with E-state index < -0.39 is 15.3 Å². The summed E-state index contributed by atoms with van der Waals surface area (Å²) in [7, 11) is -3.00. The van der Waals surface area contributed by atoms with Crippen LogP contribution in [0.3, 0.4) is 0 Å². The Labute approximate surface area is 160 Å². The minimum Gasteiger partial charge on any atom is -0.338 e. The molecule has 146 valence electrons. The number of hydrogen-bond acceptors (Lipinski definition) is 4. The Morgan fingerprint density at radius 3 is 2.67 bits per heavy atom. The Balaban J connectivity index is 1.65. The Hall–Kier alpha value is -1.89. The van der Waals surface area contributed by atoms with E-state index in [0.29, 0.717) is 25.8 Å². The lowest BCUT2D eigenvalue weighted by Gasteiger charge is -2.36. The maximum atomic E-state index is 13.3. The number of amides is 2. The van der Waals surface area contributed by atoms with Crippen molar-refractivity contribution in [2.45, 2.75) is 50.5 Å². The Bertz CT molecular complexity index is 868. The molecule has 2 fully saturated rings. The molecular weight excluding hydrogens is 364 g/mol. The molecule has 6 nitrogen and oxygen atoms in total. The number of nitrogens with one attached hydrogen (secondary N) is 1. The Morgan fingerprint density at radius 1 is 1.26 bits per heavy atom. The van der Waals surface area contributed by atoms with E-state index >= 15 is 0 Å². The quantitative estimate of drug-likeness (QED) is 0.857. The van der Waals surface area contributed by atoms with Gasteiger partial charge in [0, 0.05) is 18.2 Å². The summed E-state index contributed by atoms with van der Waals surface area (Å²) >= 11 is 0. The van der Waals surface area contributed by atoms with Gasteiger partial charge in [-0.2, -0.15) is 0 Å². The van der Waals surface area contributed by atoms with E-state index in [2.05, 4.69) is 12.2 Å². The molecule has 1 aromatic carbocycles. The number of sulfone groups is 1. The third kappa shape index (κ3) is 2.87. The number of benzene rings is 1. The van der Waals surface area contributed by atoms with Crippen LogP contribution >= 0.6 is 0 Å². The lowest BCUT2D eigenvalue weighted by Crippen LogP contribution is -2.50. The summed E-state index contributed by atoms with van der Waals surface area (Å²) in [4.78, 5) is 28.2. The first-order chi connectivity index (χ1) is 12.9. The summed E-state index contributed by atoms with van der Waals surface area (Å²) in [5.41, 5.74) is 1.17. The Morgan fingerprint density at radius 2 is 1.96 bits per heavy atom. The molecule has 2 saturated heterocycles. The second-order valence-electron chi connectivity index (χ2n) is 7.98. The molecule has 1 spiro atoms. The van der Waals surface area contributed by atoms with Crippen LogP contribution in [-0.2, 0) is 24.8 Å². The topological polar surface area (TPSA) is 83.6 Å². The van der Waals surface area contributed by atoms with Gasteiger partial charge >= 0.3 is 0 Å². The molecule has 0 unspecified atom stereocenters. The molecule has 0 saturated carbocycles. The van der Waals surface area contributed by atoms with Gasteiger partial charge in [-0.3, -0.25) is 9.59 Å². The van der Waals surface area contributed by atoms with Gasteiger partial charge in [0.2, 0.25) is 11.8 Å². The third-order valence-electron chi connectivity index (χ3n) is 6.50. The van der Waals surface area contributed by atoms with Gasteiger partial charge in [0.25, 0.3) is 0 Å². The number of para-hydroxylation sites is 1. The zero-order valence-electron chi connectivity index (χ0n) is 15.6. The first kappa shape index (κ1) is 18.5. The number of anilines is 1. The van der Waals surface area contributed by atoms with Gasteiger partial charge in [-0.25, -0.2) is 8.42 Å². The molecule has 4 rings (SSSR count). The van der Waals surface area contributed by atoms with Crippen LogP contribution in [0.5, 0.6) is 0 Å². The fourth-order valence-electron chi connectivity index (χ4n) is 5.11. The van der Waals surface area contributed by atoms with Crippen molar-refractivity contribution in [3.8, 4) is 0 Å². The van der Waals surface area contributed by atoms with Crippen LogP contribution in [-0.4, -0.2) is 49.2 Å². The number of nitrogens with zero attached hydrogens (tertiary/aromatic N) is 1. The van der Waals surface area contributed by atoms with Crippen molar-refractivity contribution < 1.29 is 18.0 Å². The Kier molecular flexibility index (Phi) is 4.53. The molecule has 3 aliphatic rings. The van der Waals surface area contributed by atoms with Crippen LogP contribution in [0.25, 0.3) is 0 Å².